The number of halogens is 2. The fourth-order valence-electron chi connectivity index (χ4n) is 3.25. The van der Waals surface area contributed by atoms with E-state index in [1.165, 1.54) is 6.20 Å². The number of hydrogen-bond acceptors (Lipinski definition) is 7. The second-order valence-electron chi connectivity index (χ2n) is 8.02. The molecule has 0 spiro atoms. The molecule has 0 unspecified atom stereocenters. The summed E-state index contributed by atoms with van der Waals surface area (Å²) in [6.45, 7) is 12.4. The van der Waals surface area contributed by atoms with Crippen molar-refractivity contribution in [3.63, 3.8) is 0 Å². The van der Waals surface area contributed by atoms with E-state index in [2.05, 4.69) is 16.0 Å². The zero-order chi connectivity index (χ0) is 28.9. The van der Waals surface area contributed by atoms with Crippen molar-refractivity contribution in [2.24, 2.45) is 0 Å². The molecule has 2 aromatic carbocycles. The second-order valence-corrected chi connectivity index (χ2v) is 10.7. The number of alkyl halides is 1. The first-order valence-electron chi connectivity index (χ1n) is 12.2. The Hall–Kier alpha value is -2.86. The lowest BCUT2D eigenvalue weighted by molar-refractivity contribution is 0.299. The minimum Gasteiger partial charge on any atom is -0.489 e. The summed E-state index contributed by atoms with van der Waals surface area (Å²) in [5.41, 5.74) is 2.18. The molecule has 0 N–H and O–H groups in total. The molecule has 1 heterocycles. The van der Waals surface area contributed by atoms with Gasteiger partial charge >= 0.3 is 0 Å². The third-order valence-corrected chi connectivity index (χ3v) is 6.49. The lowest BCUT2D eigenvalue weighted by Gasteiger charge is -2.27. The van der Waals surface area contributed by atoms with Crippen molar-refractivity contribution in [1.82, 2.24) is 9.97 Å². The lowest BCUT2D eigenvalue weighted by atomic mass is 9.77. The molecular formula is C28H35Cl2N3O4S. The Labute approximate surface area is 236 Å². The van der Waals surface area contributed by atoms with Crippen molar-refractivity contribution in [2.75, 3.05) is 18.7 Å². The molecular weight excluding hydrogens is 545 g/mol. The van der Waals surface area contributed by atoms with Gasteiger partial charge in [-0.3, -0.25) is 0 Å². The molecule has 38 heavy (non-hydrogen) atoms. The Morgan fingerprint density at radius 2 is 1.63 bits per heavy atom. The number of benzene rings is 2. The molecule has 0 saturated heterocycles. The smallest absolute Gasteiger partial charge is 0.247 e. The van der Waals surface area contributed by atoms with Crippen molar-refractivity contribution in [3.05, 3.63) is 76.1 Å². The van der Waals surface area contributed by atoms with Crippen LogP contribution in [0.5, 0.6) is 11.5 Å². The predicted molar refractivity (Wildman–Crippen MR) is 153 cm³/mol. The number of nitrogens with zero attached hydrogens (tertiary/aromatic N) is 3. The summed E-state index contributed by atoms with van der Waals surface area (Å²) >= 11 is 12.1. The van der Waals surface area contributed by atoms with E-state index in [1.54, 1.807) is 18.2 Å². The Kier molecular flexibility index (Phi) is 13.6. The predicted octanol–water partition coefficient (Wildman–Crippen LogP) is 6.98. The highest BCUT2D eigenvalue weighted by Crippen LogP contribution is 2.38. The molecule has 206 valence electrons. The Bertz CT molecular complexity index is 1320. The van der Waals surface area contributed by atoms with Gasteiger partial charge in [-0.15, -0.1) is 11.6 Å². The molecule has 0 aliphatic heterocycles. The van der Waals surface area contributed by atoms with Gasteiger partial charge < -0.3 is 9.47 Å². The van der Waals surface area contributed by atoms with E-state index < -0.39 is 15.3 Å². The highest BCUT2D eigenvalue weighted by atomic mass is 35.5. The minimum absolute atomic E-state index is 0.0959. The van der Waals surface area contributed by atoms with E-state index in [1.807, 2.05) is 65.8 Å². The van der Waals surface area contributed by atoms with E-state index in [9.17, 15) is 13.7 Å². The molecule has 10 heteroatoms. The summed E-state index contributed by atoms with van der Waals surface area (Å²) in [7, 11) is -3.49. The molecule has 0 aliphatic carbocycles. The van der Waals surface area contributed by atoms with Gasteiger partial charge in [-0.05, 0) is 41.5 Å². The van der Waals surface area contributed by atoms with Gasteiger partial charge in [0.15, 0.2) is 5.75 Å². The normalized spacial score (nSPS) is 10.7. The zero-order valence-corrected chi connectivity index (χ0v) is 25.2. The van der Waals surface area contributed by atoms with Crippen LogP contribution in [0.15, 0.2) is 53.8 Å². The molecule has 0 saturated carbocycles. The molecule has 1 aromatic heterocycles. The maximum absolute atomic E-state index is 11.6. The van der Waals surface area contributed by atoms with Crippen molar-refractivity contribution in [1.29, 1.82) is 5.26 Å². The highest BCUT2D eigenvalue weighted by molar-refractivity contribution is 7.90. The number of ether oxygens (including phenoxy) is 2. The third-order valence-electron chi connectivity index (χ3n) is 5.19. The maximum atomic E-state index is 11.6. The van der Waals surface area contributed by atoms with Crippen LogP contribution in [0.1, 0.15) is 63.9 Å². The summed E-state index contributed by atoms with van der Waals surface area (Å²) in [5, 5.41) is 9.69. The molecule has 0 aliphatic rings. The van der Waals surface area contributed by atoms with Crippen molar-refractivity contribution in [3.8, 4) is 17.6 Å². The molecule has 7 nitrogen and oxygen atoms in total. The Balaban J connectivity index is 0.00000172. The number of aromatic nitrogens is 2. The van der Waals surface area contributed by atoms with Gasteiger partial charge in [-0.2, -0.15) is 5.26 Å². The largest absolute Gasteiger partial charge is 0.489 e. The van der Waals surface area contributed by atoms with Crippen molar-refractivity contribution >= 4 is 33.0 Å². The number of sulfone groups is 1. The van der Waals surface area contributed by atoms with Crippen LogP contribution >= 0.6 is 23.2 Å². The Morgan fingerprint density at radius 1 is 1.00 bits per heavy atom. The van der Waals surface area contributed by atoms with Crippen LogP contribution in [-0.4, -0.2) is 37.1 Å². The van der Waals surface area contributed by atoms with Gasteiger partial charge in [0, 0.05) is 17.9 Å². The summed E-state index contributed by atoms with van der Waals surface area (Å²) < 4.78 is 34.6. The van der Waals surface area contributed by atoms with Gasteiger partial charge in [0.2, 0.25) is 15.0 Å². The Morgan fingerprint density at radius 3 is 2.18 bits per heavy atom. The van der Waals surface area contributed by atoms with Crippen LogP contribution in [0, 0.1) is 11.3 Å². The highest BCUT2D eigenvalue weighted by Gasteiger charge is 2.26. The first-order valence-corrected chi connectivity index (χ1v) is 15.0. The van der Waals surface area contributed by atoms with E-state index >= 15 is 0 Å². The van der Waals surface area contributed by atoms with Crippen LogP contribution in [0.25, 0.3) is 0 Å². The molecule has 0 amide bonds. The van der Waals surface area contributed by atoms with E-state index in [4.69, 9.17) is 32.7 Å². The van der Waals surface area contributed by atoms with Crippen molar-refractivity contribution in [2.45, 2.75) is 58.7 Å². The average molecular weight is 581 g/mol. The van der Waals surface area contributed by atoms with Crippen LogP contribution in [0.3, 0.4) is 0 Å². The first kappa shape index (κ1) is 33.2. The maximum Gasteiger partial charge on any atom is 0.247 e. The molecule has 0 radical (unpaired) electrons. The minimum atomic E-state index is -3.49. The van der Waals surface area contributed by atoms with E-state index in [0.717, 1.165) is 17.4 Å². The van der Waals surface area contributed by atoms with Crippen LogP contribution in [-0.2, 0) is 21.9 Å². The van der Waals surface area contributed by atoms with E-state index in [0.29, 0.717) is 33.7 Å². The third kappa shape index (κ3) is 8.87. The molecule has 0 fully saturated rings. The SMILES string of the molecule is CC.CC.CC(C)(c1ccc(OCc2ccnc(S(C)(=O)=O)n2)cc1)c1cc(Cl)c(OCCCl)c(C#N)c1. The number of hydrogen-bond donors (Lipinski definition) is 0. The number of rotatable bonds is 9. The second kappa shape index (κ2) is 15.5. The van der Waals surface area contributed by atoms with Crippen LogP contribution in [0.4, 0.5) is 0 Å². The van der Waals surface area contributed by atoms with Crippen LogP contribution < -0.4 is 9.47 Å². The first-order chi connectivity index (χ1) is 18.1. The van der Waals surface area contributed by atoms with Gasteiger partial charge in [-0.1, -0.05) is 65.3 Å². The number of nitriles is 1. The lowest BCUT2D eigenvalue weighted by Crippen LogP contribution is -2.19. The van der Waals surface area contributed by atoms with Gasteiger partial charge in [0.25, 0.3) is 0 Å². The zero-order valence-electron chi connectivity index (χ0n) is 22.9. The summed E-state index contributed by atoms with van der Waals surface area (Å²) in [5.74, 6) is 1.22. The standard InChI is InChI=1S/C24H23Cl2N3O4S.2C2H6/c1-24(2,18-12-16(14-27)22(21(26)13-18)32-11-9-25)17-4-6-20(7-5-17)33-15-19-8-10-28-23(29-19)34(3,30)31;2*1-2/h4-8,10,12-13H,9,11,15H2,1-3H3;2*1-2H3. The quantitative estimate of drug-likeness (QED) is 0.199. The molecule has 3 rings (SSSR count). The molecule has 3 aromatic rings. The summed E-state index contributed by atoms with van der Waals surface area (Å²) in [6, 6.07) is 14.8. The van der Waals surface area contributed by atoms with Crippen LogP contribution in [0.2, 0.25) is 5.02 Å². The fourth-order valence-corrected chi connectivity index (χ4v) is 4.14. The molecule has 0 bridgehead atoms. The van der Waals surface area contributed by atoms with Gasteiger partial charge in [0.1, 0.15) is 25.0 Å². The van der Waals surface area contributed by atoms with E-state index in [-0.39, 0.29) is 18.4 Å². The average Bonchev–Trinajstić information content (AvgIpc) is 2.93. The molecule has 0 atom stereocenters. The van der Waals surface area contributed by atoms with Crippen molar-refractivity contribution < 1.29 is 17.9 Å². The summed E-state index contributed by atoms with van der Waals surface area (Å²) in [6.07, 6.45) is 2.45. The van der Waals surface area contributed by atoms with Gasteiger partial charge in [-0.25, -0.2) is 18.4 Å². The topological polar surface area (TPSA) is 102 Å². The monoisotopic (exact) mass is 579 g/mol. The summed E-state index contributed by atoms with van der Waals surface area (Å²) in [4.78, 5) is 7.80. The van der Waals surface area contributed by atoms with Gasteiger partial charge in [0.05, 0.1) is 22.2 Å². The fraction of sp³-hybridized carbons (Fsp3) is 0.393.